The Morgan fingerprint density at radius 2 is 1.65 bits per heavy atom. The maximum Gasteiger partial charge on any atom is 0.220 e. The Morgan fingerprint density at radius 3 is 2.30 bits per heavy atom. The van der Waals surface area contributed by atoms with Crippen molar-refractivity contribution in [1.82, 2.24) is 5.32 Å². The van der Waals surface area contributed by atoms with E-state index in [2.05, 4.69) is 12.2 Å². The molecule has 0 heterocycles. The van der Waals surface area contributed by atoms with Crippen LogP contribution in [-0.2, 0) is 11.3 Å². The lowest BCUT2D eigenvalue weighted by atomic mass is 10.1. The molecule has 1 amide bonds. The van der Waals surface area contributed by atoms with Gasteiger partial charge in [-0.2, -0.15) is 0 Å². The molecular formula is C20H33NO2. The molecule has 0 unspecified atom stereocenters. The van der Waals surface area contributed by atoms with E-state index in [0.717, 1.165) is 17.7 Å². The first-order valence-electron chi connectivity index (χ1n) is 9.16. The molecule has 1 aromatic rings. The van der Waals surface area contributed by atoms with Crippen LogP contribution in [0.15, 0.2) is 24.3 Å². The summed E-state index contributed by atoms with van der Waals surface area (Å²) < 4.78 is 5.18. The van der Waals surface area contributed by atoms with Crippen LogP contribution in [0.4, 0.5) is 0 Å². The zero-order valence-corrected chi connectivity index (χ0v) is 14.9. The second-order valence-corrected chi connectivity index (χ2v) is 6.21. The van der Waals surface area contributed by atoms with Crippen molar-refractivity contribution < 1.29 is 9.53 Å². The van der Waals surface area contributed by atoms with Crippen LogP contribution in [0.25, 0.3) is 0 Å². The molecule has 0 aromatic heterocycles. The number of hydrogen-bond acceptors (Lipinski definition) is 2. The number of amides is 1. The third-order valence-electron chi connectivity index (χ3n) is 4.13. The Labute approximate surface area is 141 Å². The fraction of sp³-hybridized carbons (Fsp3) is 0.650. The van der Waals surface area contributed by atoms with E-state index in [4.69, 9.17) is 4.74 Å². The van der Waals surface area contributed by atoms with E-state index in [0.29, 0.717) is 13.0 Å². The minimum atomic E-state index is 0.149. The monoisotopic (exact) mass is 319 g/mol. The van der Waals surface area contributed by atoms with Crippen LogP contribution in [0.1, 0.15) is 76.7 Å². The molecule has 0 spiro atoms. The Morgan fingerprint density at radius 1 is 1.00 bits per heavy atom. The van der Waals surface area contributed by atoms with E-state index in [1.165, 1.54) is 51.4 Å². The van der Waals surface area contributed by atoms with Crippen LogP contribution < -0.4 is 10.1 Å². The molecule has 1 N–H and O–H groups in total. The van der Waals surface area contributed by atoms with E-state index in [-0.39, 0.29) is 5.91 Å². The van der Waals surface area contributed by atoms with Gasteiger partial charge in [0, 0.05) is 13.0 Å². The van der Waals surface area contributed by atoms with Crippen LogP contribution >= 0.6 is 0 Å². The minimum absolute atomic E-state index is 0.149. The summed E-state index contributed by atoms with van der Waals surface area (Å²) in [4.78, 5) is 11.8. The van der Waals surface area contributed by atoms with Crippen molar-refractivity contribution in [3.8, 4) is 5.75 Å². The van der Waals surface area contributed by atoms with Gasteiger partial charge in [0.2, 0.25) is 5.91 Å². The molecule has 0 atom stereocenters. The molecule has 3 heteroatoms. The highest BCUT2D eigenvalue weighted by atomic mass is 16.5. The molecule has 0 bridgehead atoms. The maximum atomic E-state index is 11.8. The van der Waals surface area contributed by atoms with E-state index < -0.39 is 0 Å². The molecule has 0 radical (unpaired) electrons. The number of ether oxygens (including phenoxy) is 1. The van der Waals surface area contributed by atoms with Crippen LogP contribution in [0.5, 0.6) is 5.75 Å². The Bertz CT molecular complexity index is 431. The van der Waals surface area contributed by atoms with Gasteiger partial charge in [-0.25, -0.2) is 0 Å². The Hall–Kier alpha value is -1.51. The average Bonchev–Trinajstić information content (AvgIpc) is 2.58. The molecule has 1 rings (SSSR count). The summed E-state index contributed by atoms with van der Waals surface area (Å²) >= 11 is 0. The summed E-state index contributed by atoms with van der Waals surface area (Å²) in [7, 11) is 1.65. The summed E-state index contributed by atoms with van der Waals surface area (Å²) in [5.74, 6) is 0.978. The van der Waals surface area contributed by atoms with Gasteiger partial charge in [-0.05, 0) is 24.1 Å². The number of carbonyl (C=O) groups excluding carboxylic acids is 1. The zero-order valence-electron chi connectivity index (χ0n) is 14.9. The highest BCUT2D eigenvalue weighted by molar-refractivity contribution is 5.75. The van der Waals surface area contributed by atoms with E-state index in [1.54, 1.807) is 7.11 Å². The number of methoxy groups -OCH3 is 1. The zero-order chi connectivity index (χ0) is 16.8. The van der Waals surface area contributed by atoms with Crippen molar-refractivity contribution in [3.05, 3.63) is 29.8 Å². The number of benzene rings is 1. The van der Waals surface area contributed by atoms with E-state index in [1.807, 2.05) is 24.3 Å². The number of unbranched alkanes of at least 4 members (excludes halogenated alkanes) is 8. The topological polar surface area (TPSA) is 38.3 Å². The highest BCUT2D eigenvalue weighted by Gasteiger charge is 2.02. The average molecular weight is 319 g/mol. The first-order chi connectivity index (χ1) is 11.3. The summed E-state index contributed by atoms with van der Waals surface area (Å²) in [5.41, 5.74) is 1.07. The lowest BCUT2D eigenvalue weighted by Gasteiger charge is -2.07. The molecule has 0 fully saturated rings. The molecule has 0 saturated carbocycles. The van der Waals surface area contributed by atoms with Gasteiger partial charge >= 0.3 is 0 Å². The quantitative estimate of drug-likeness (QED) is 0.505. The fourth-order valence-corrected chi connectivity index (χ4v) is 2.67. The van der Waals surface area contributed by atoms with Gasteiger partial charge in [-0.15, -0.1) is 0 Å². The largest absolute Gasteiger partial charge is 0.497 e. The molecular weight excluding hydrogens is 286 g/mol. The van der Waals surface area contributed by atoms with Crippen molar-refractivity contribution in [2.45, 2.75) is 77.7 Å². The smallest absolute Gasteiger partial charge is 0.220 e. The first-order valence-corrected chi connectivity index (χ1v) is 9.16. The van der Waals surface area contributed by atoms with Gasteiger partial charge in [0.15, 0.2) is 0 Å². The summed E-state index contributed by atoms with van der Waals surface area (Å²) in [6.07, 6.45) is 12.2. The maximum absolute atomic E-state index is 11.8. The predicted molar refractivity (Wildman–Crippen MR) is 96.7 cm³/mol. The first kappa shape index (κ1) is 19.5. The molecule has 0 aliphatic rings. The molecule has 1 aromatic carbocycles. The van der Waals surface area contributed by atoms with Gasteiger partial charge in [0.1, 0.15) is 5.75 Å². The van der Waals surface area contributed by atoms with Gasteiger partial charge in [-0.3, -0.25) is 4.79 Å². The standard InChI is InChI=1S/C20H33NO2/c1-3-4-5-6-7-8-9-10-11-15-20(22)21-17-18-13-12-14-19(16-18)23-2/h12-14,16H,3-11,15,17H2,1-2H3,(H,21,22). The highest BCUT2D eigenvalue weighted by Crippen LogP contribution is 2.13. The summed E-state index contributed by atoms with van der Waals surface area (Å²) in [6.45, 7) is 2.83. The van der Waals surface area contributed by atoms with Crippen molar-refractivity contribution in [1.29, 1.82) is 0 Å². The summed E-state index contributed by atoms with van der Waals surface area (Å²) in [5, 5.41) is 2.98. The normalized spacial score (nSPS) is 10.5. The van der Waals surface area contributed by atoms with Crippen LogP contribution in [0.2, 0.25) is 0 Å². The molecule has 130 valence electrons. The van der Waals surface area contributed by atoms with Crippen molar-refractivity contribution >= 4 is 5.91 Å². The number of nitrogens with one attached hydrogen (secondary N) is 1. The third kappa shape index (κ3) is 9.98. The molecule has 3 nitrogen and oxygen atoms in total. The third-order valence-corrected chi connectivity index (χ3v) is 4.13. The van der Waals surface area contributed by atoms with Crippen LogP contribution in [0, 0.1) is 0 Å². The SMILES string of the molecule is CCCCCCCCCCCC(=O)NCc1cccc(OC)c1. The number of rotatable bonds is 13. The van der Waals surface area contributed by atoms with Gasteiger partial charge in [-0.1, -0.05) is 70.4 Å². The second kappa shape index (κ2) is 13.0. The van der Waals surface area contributed by atoms with Gasteiger partial charge in [0.05, 0.1) is 7.11 Å². The molecule has 0 aliphatic heterocycles. The minimum Gasteiger partial charge on any atom is -0.497 e. The molecule has 0 saturated heterocycles. The number of carbonyl (C=O) groups is 1. The fourth-order valence-electron chi connectivity index (χ4n) is 2.67. The van der Waals surface area contributed by atoms with Gasteiger partial charge in [0.25, 0.3) is 0 Å². The molecule has 0 aliphatic carbocycles. The van der Waals surface area contributed by atoms with Gasteiger partial charge < -0.3 is 10.1 Å². The Balaban J connectivity index is 2.00. The summed E-state index contributed by atoms with van der Waals surface area (Å²) in [6, 6.07) is 7.81. The van der Waals surface area contributed by atoms with E-state index in [9.17, 15) is 4.79 Å². The number of hydrogen-bond donors (Lipinski definition) is 1. The van der Waals surface area contributed by atoms with E-state index >= 15 is 0 Å². The lowest BCUT2D eigenvalue weighted by Crippen LogP contribution is -2.22. The second-order valence-electron chi connectivity index (χ2n) is 6.21. The molecule has 23 heavy (non-hydrogen) atoms. The predicted octanol–water partition coefficient (Wildman–Crippen LogP) is 5.23. The lowest BCUT2D eigenvalue weighted by molar-refractivity contribution is -0.121. The Kier molecular flexibility index (Phi) is 11.0. The van der Waals surface area contributed by atoms with Crippen LogP contribution in [0.3, 0.4) is 0 Å². The van der Waals surface area contributed by atoms with Crippen molar-refractivity contribution in [3.63, 3.8) is 0 Å². The van der Waals surface area contributed by atoms with Crippen molar-refractivity contribution in [2.75, 3.05) is 7.11 Å². The van der Waals surface area contributed by atoms with Crippen molar-refractivity contribution in [2.24, 2.45) is 0 Å². The van der Waals surface area contributed by atoms with Crippen LogP contribution in [-0.4, -0.2) is 13.0 Å².